The zero-order valence-corrected chi connectivity index (χ0v) is 16.0. The molecular weight excluding hydrogens is 372 g/mol. The number of amides is 1. The Balaban J connectivity index is 1.47. The van der Waals surface area contributed by atoms with Gasteiger partial charge in [-0.3, -0.25) is 0 Å². The van der Waals surface area contributed by atoms with Gasteiger partial charge in [-0.15, -0.1) is 0 Å². The Bertz CT molecular complexity index is 814. The molecule has 9 nitrogen and oxygen atoms in total. The number of aromatic nitrogens is 4. The van der Waals surface area contributed by atoms with E-state index in [1.54, 1.807) is 4.90 Å². The predicted molar refractivity (Wildman–Crippen MR) is 99.9 cm³/mol. The van der Waals surface area contributed by atoms with Gasteiger partial charge >= 0.3 is 6.09 Å². The lowest BCUT2D eigenvalue weighted by Gasteiger charge is -2.29. The Labute approximate surface area is 162 Å². The van der Waals surface area contributed by atoms with E-state index in [4.69, 9.17) is 21.1 Å². The van der Waals surface area contributed by atoms with Crippen molar-refractivity contribution < 1.29 is 14.3 Å². The molecule has 0 atom stereocenters. The van der Waals surface area contributed by atoms with Crippen LogP contribution in [0.3, 0.4) is 0 Å². The van der Waals surface area contributed by atoms with Crippen LogP contribution in [-0.2, 0) is 16.1 Å². The summed E-state index contributed by atoms with van der Waals surface area (Å²) in [6.07, 6.45) is 1.72. The second-order valence-electron chi connectivity index (χ2n) is 7.02. The molecule has 0 radical (unpaired) electrons. The summed E-state index contributed by atoms with van der Waals surface area (Å²) in [7, 11) is 0. The summed E-state index contributed by atoms with van der Waals surface area (Å²) >= 11 is 6.07. The van der Waals surface area contributed by atoms with Gasteiger partial charge in [-0.1, -0.05) is 6.92 Å². The Morgan fingerprint density at radius 2 is 1.96 bits per heavy atom. The third-order valence-corrected chi connectivity index (χ3v) is 5.21. The van der Waals surface area contributed by atoms with E-state index in [0.29, 0.717) is 41.9 Å². The van der Waals surface area contributed by atoms with Crippen LogP contribution in [0.2, 0.25) is 5.28 Å². The summed E-state index contributed by atoms with van der Waals surface area (Å²) in [5.74, 6) is 1.88. The van der Waals surface area contributed by atoms with Crippen LogP contribution in [0.5, 0.6) is 0 Å². The van der Waals surface area contributed by atoms with Crippen LogP contribution in [0, 0.1) is 5.92 Å². The van der Waals surface area contributed by atoms with E-state index < -0.39 is 0 Å². The zero-order chi connectivity index (χ0) is 18.8. The Hall–Kier alpha value is -2.13. The quantitative estimate of drug-likeness (QED) is 0.797. The molecule has 4 rings (SSSR count). The number of anilines is 1. The fourth-order valence-electron chi connectivity index (χ4n) is 3.39. The maximum Gasteiger partial charge on any atom is 0.410 e. The van der Waals surface area contributed by atoms with Gasteiger partial charge in [-0.2, -0.15) is 9.97 Å². The number of imidazole rings is 1. The molecule has 0 aliphatic carbocycles. The Kier molecular flexibility index (Phi) is 5.31. The molecule has 0 aromatic carbocycles. The summed E-state index contributed by atoms with van der Waals surface area (Å²) in [4.78, 5) is 32.2. The van der Waals surface area contributed by atoms with Gasteiger partial charge in [0.1, 0.15) is 11.3 Å². The summed E-state index contributed by atoms with van der Waals surface area (Å²) in [6, 6.07) is 0. The first kappa shape index (κ1) is 18.2. The number of hydrogen-bond donors (Lipinski definition) is 1. The highest BCUT2D eigenvalue weighted by Gasteiger charge is 2.23. The van der Waals surface area contributed by atoms with Gasteiger partial charge in [0.05, 0.1) is 13.2 Å². The number of carbonyl (C=O) groups excluding carboxylic acids is 1. The molecule has 2 fully saturated rings. The number of ether oxygens (including phenoxy) is 2. The second-order valence-corrected chi connectivity index (χ2v) is 7.36. The largest absolute Gasteiger partial charge is 0.441 e. The van der Waals surface area contributed by atoms with E-state index in [9.17, 15) is 4.79 Å². The number of morpholine rings is 1. The number of halogens is 1. The van der Waals surface area contributed by atoms with Crippen molar-refractivity contribution in [1.82, 2.24) is 24.8 Å². The van der Waals surface area contributed by atoms with E-state index in [1.165, 1.54) is 0 Å². The lowest BCUT2D eigenvalue weighted by atomic mass is 10.00. The molecule has 0 saturated carbocycles. The molecule has 0 bridgehead atoms. The monoisotopic (exact) mass is 394 g/mol. The molecule has 2 aliphatic heterocycles. The van der Waals surface area contributed by atoms with Crippen molar-refractivity contribution in [3.05, 3.63) is 11.1 Å². The third kappa shape index (κ3) is 4.08. The number of aromatic amines is 1. The highest BCUT2D eigenvalue weighted by molar-refractivity contribution is 6.28. The fourth-order valence-corrected chi connectivity index (χ4v) is 3.55. The molecule has 2 aromatic heterocycles. The summed E-state index contributed by atoms with van der Waals surface area (Å²) in [6.45, 7) is 6.45. The second kappa shape index (κ2) is 7.85. The molecule has 10 heteroatoms. The van der Waals surface area contributed by atoms with Gasteiger partial charge < -0.3 is 24.3 Å². The Morgan fingerprint density at radius 3 is 2.70 bits per heavy atom. The SMILES string of the molecule is CC1CCN(C(=O)OCc2nc3nc(Cl)nc(N4CCOCC4)c3[nH]2)CC1. The Morgan fingerprint density at radius 1 is 1.22 bits per heavy atom. The molecule has 1 N–H and O–H groups in total. The number of likely N-dealkylation sites (tertiary alicyclic amines) is 1. The van der Waals surface area contributed by atoms with Gasteiger partial charge in [0, 0.05) is 26.2 Å². The molecule has 0 spiro atoms. The summed E-state index contributed by atoms with van der Waals surface area (Å²) in [5, 5.41) is 0.140. The lowest BCUT2D eigenvalue weighted by Crippen LogP contribution is -2.38. The number of fused-ring (bicyclic) bond motifs is 1. The van der Waals surface area contributed by atoms with Crippen LogP contribution >= 0.6 is 11.6 Å². The topological polar surface area (TPSA) is 96.5 Å². The molecule has 0 unspecified atom stereocenters. The first-order valence-corrected chi connectivity index (χ1v) is 9.64. The number of rotatable bonds is 3. The average molecular weight is 395 g/mol. The number of H-pyrrole nitrogens is 1. The summed E-state index contributed by atoms with van der Waals surface area (Å²) < 4.78 is 10.8. The molecule has 2 aliphatic rings. The maximum atomic E-state index is 12.3. The minimum atomic E-state index is -0.306. The fraction of sp³-hybridized carbons (Fsp3) is 0.647. The van der Waals surface area contributed by atoms with E-state index in [1.807, 2.05) is 0 Å². The van der Waals surface area contributed by atoms with Crippen molar-refractivity contribution in [3.8, 4) is 0 Å². The third-order valence-electron chi connectivity index (χ3n) is 5.04. The highest BCUT2D eigenvalue weighted by atomic mass is 35.5. The van der Waals surface area contributed by atoms with E-state index >= 15 is 0 Å². The minimum Gasteiger partial charge on any atom is -0.441 e. The van der Waals surface area contributed by atoms with Gasteiger partial charge in [0.2, 0.25) is 5.28 Å². The van der Waals surface area contributed by atoms with Crippen molar-refractivity contribution in [1.29, 1.82) is 0 Å². The number of hydrogen-bond acceptors (Lipinski definition) is 7. The number of carbonyl (C=O) groups is 1. The van der Waals surface area contributed by atoms with Crippen LogP contribution in [0.4, 0.5) is 10.6 Å². The van der Waals surface area contributed by atoms with Crippen molar-refractivity contribution >= 4 is 34.7 Å². The minimum absolute atomic E-state index is 0.0570. The van der Waals surface area contributed by atoms with Crippen molar-refractivity contribution in [2.75, 3.05) is 44.3 Å². The lowest BCUT2D eigenvalue weighted by molar-refractivity contribution is 0.0820. The molecule has 2 saturated heterocycles. The zero-order valence-electron chi connectivity index (χ0n) is 15.3. The number of piperidine rings is 1. The van der Waals surface area contributed by atoms with Gasteiger partial charge in [0.15, 0.2) is 18.1 Å². The predicted octanol–water partition coefficient (Wildman–Crippen LogP) is 2.21. The van der Waals surface area contributed by atoms with Crippen LogP contribution in [0.1, 0.15) is 25.6 Å². The first-order chi connectivity index (χ1) is 13.1. The van der Waals surface area contributed by atoms with Crippen molar-refractivity contribution in [2.24, 2.45) is 5.92 Å². The standard InChI is InChI=1S/C17H23ClN6O3/c1-11-2-4-24(5-3-11)17(25)27-10-12-19-13-14(20-12)21-16(18)22-15(13)23-6-8-26-9-7-23/h11H,2-10H2,1H3,(H,19,20,21,22). The van der Waals surface area contributed by atoms with Crippen LogP contribution in [0.25, 0.3) is 11.2 Å². The summed E-state index contributed by atoms with van der Waals surface area (Å²) in [5.41, 5.74) is 1.16. The van der Waals surface area contributed by atoms with Crippen molar-refractivity contribution in [2.45, 2.75) is 26.4 Å². The molecular formula is C17H23ClN6O3. The van der Waals surface area contributed by atoms with Gasteiger partial charge in [-0.25, -0.2) is 9.78 Å². The van der Waals surface area contributed by atoms with Gasteiger partial charge in [-0.05, 0) is 30.4 Å². The first-order valence-electron chi connectivity index (χ1n) is 9.26. The van der Waals surface area contributed by atoms with Crippen LogP contribution < -0.4 is 4.90 Å². The number of nitrogens with zero attached hydrogens (tertiary/aromatic N) is 5. The molecule has 2 aromatic rings. The molecule has 146 valence electrons. The molecule has 1 amide bonds. The van der Waals surface area contributed by atoms with E-state index in [0.717, 1.165) is 39.0 Å². The smallest absolute Gasteiger partial charge is 0.410 e. The van der Waals surface area contributed by atoms with Crippen molar-refractivity contribution in [3.63, 3.8) is 0 Å². The van der Waals surface area contributed by atoms with Crippen LogP contribution in [-0.4, -0.2) is 70.3 Å². The van der Waals surface area contributed by atoms with Gasteiger partial charge in [0.25, 0.3) is 0 Å². The molecule has 4 heterocycles. The van der Waals surface area contributed by atoms with E-state index in [2.05, 4.69) is 31.8 Å². The average Bonchev–Trinajstić information content (AvgIpc) is 3.09. The number of nitrogens with one attached hydrogen (secondary N) is 1. The van der Waals surface area contributed by atoms with Crippen LogP contribution in [0.15, 0.2) is 0 Å². The normalized spacial score (nSPS) is 18.9. The maximum absolute atomic E-state index is 12.3. The van der Waals surface area contributed by atoms with E-state index in [-0.39, 0.29) is 18.0 Å². The molecule has 27 heavy (non-hydrogen) atoms. The highest BCUT2D eigenvalue weighted by Crippen LogP contribution is 2.25.